The van der Waals surface area contributed by atoms with Crippen LogP contribution >= 0.6 is 0 Å². The van der Waals surface area contributed by atoms with Gasteiger partial charge in [0.05, 0.1) is 5.69 Å². The summed E-state index contributed by atoms with van der Waals surface area (Å²) >= 11 is 0. The Morgan fingerprint density at radius 3 is 2.69 bits per heavy atom. The van der Waals surface area contributed by atoms with Gasteiger partial charge in [0.15, 0.2) is 5.82 Å². The molecule has 2 aliphatic rings. The van der Waals surface area contributed by atoms with E-state index in [0.29, 0.717) is 18.1 Å². The third kappa shape index (κ3) is 4.07. The van der Waals surface area contributed by atoms with E-state index < -0.39 is 0 Å². The minimum atomic E-state index is -0.191. The first kappa shape index (κ1) is 19.7. The van der Waals surface area contributed by atoms with E-state index in [1.165, 1.54) is 6.42 Å². The number of likely N-dealkylation sites (tertiary alicyclic amines) is 1. The summed E-state index contributed by atoms with van der Waals surface area (Å²) in [6.45, 7) is 4.15. The summed E-state index contributed by atoms with van der Waals surface area (Å²) in [5, 5.41) is 2.98. The van der Waals surface area contributed by atoms with E-state index in [1.807, 2.05) is 39.8 Å². The number of piperidine rings is 1. The monoisotopic (exact) mass is 394 g/mol. The summed E-state index contributed by atoms with van der Waals surface area (Å²) in [6, 6.07) is 10.1. The topological polar surface area (TPSA) is 67.2 Å². The summed E-state index contributed by atoms with van der Waals surface area (Å²) in [5.74, 6) is 0.246. The van der Waals surface area contributed by atoms with Gasteiger partial charge in [-0.1, -0.05) is 37.3 Å². The summed E-state index contributed by atoms with van der Waals surface area (Å²) in [5.41, 5.74) is 2.38. The van der Waals surface area contributed by atoms with E-state index in [2.05, 4.69) is 17.2 Å². The molecule has 4 rings (SSSR count). The van der Waals surface area contributed by atoms with Gasteiger partial charge in [-0.15, -0.1) is 0 Å². The van der Waals surface area contributed by atoms with Crippen molar-refractivity contribution >= 4 is 11.8 Å². The van der Waals surface area contributed by atoms with Gasteiger partial charge in [0.25, 0.3) is 11.8 Å². The zero-order valence-electron chi connectivity index (χ0n) is 17.2. The molecule has 29 heavy (non-hydrogen) atoms. The number of benzene rings is 1. The maximum absolute atomic E-state index is 13.4. The van der Waals surface area contributed by atoms with Crippen molar-refractivity contribution < 1.29 is 9.59 Å². The van der Waals surface area contributed by atoms with Crippen LogP contribution in [0.25, 0.3) is 0 Å². The highest BCUT2D eigenvalue weighted by atomic mass is 16.2. The molecule has 1 fully saturated rings. The minimum Gasteiger partial charge on any atom is -0.347 e. The molecule has 0 saturated carbocycles. The van der Waals surface area contributed by atoms with Crippen LogP contribution in [0.1, 0.15) is 77.8 Å². The smallest absolute Gasteiger partial charge is 0.290 e. The molecule has 2 aromatic rings. The molecule has 154 valence electrons. The molecule has 0 radical (unpaired) electrons. The third-order valence-corrected chi connectivity index (χ3v) is 6.18. The van der Waals surface area contributed by atoms with Gasteiger partial charge in [-0.3, -0.25) is 9.59 Å². The molecule has 0 spiro atoms. The van der Waals surface area contributed by atoms with E-state index >= 15 is 0 Å². The van der Waals surface area contributed by atoms with E-state index in [-0.39, 0.29) is 17.9 Å². The van der Waals surface area contributed by atoms with Gasteiger partial charge in [-0.2, -0.15) is 0 Å². The number of aromatic nitrogens is 2. The summed E-state index contributed by atoms with van der Waals surface area (Å²) in [6.07, 6.45) is 7.08. The normalized spacial score (nSPS) is 18.9. The highest BCUT2D eigenvalue weighted by Crippen LogP contribution is 2.25. The fraction of sp³-hybridized carbons (Fsp3) is 0.522. The molecule has 1 saturated heterocycles. The summed E-state index contributed by atoms with van der Waals surface area (Å²) < 4.78 is 2.00. The lowest BCUT2D eigenvalue weighted by atomic mass is 10.00. The Labute approximate surface area is 172 Å². The van der Waals surface area contributed by atoms with Gasteiger partial charge < -0.3 is 14.8 Å². The largest absolute Gasteiger partial charge is 0.347 e. The number of fused-ring (bicyclic) bond motifs is 1. The van der Waals surface area contributed by atoms with Crippen molar-refractivity contribution in [2.24, 2.45) is 0 Å². The Bertz CT molecular complexity index is 875. The van der Waals surface area contributed by atoms with Crippen LogP contribution in [-0.2, 0) is 19.5 Å². The molecule has 0 bridgehead atoms. The number of rotatable bonds is 5. The van der Waals surface area contributed by atoms with Gasteiger partial charge in [0.2, 0.25) is 0 Å². The van der Waals surface area contributed by atoms with Crippen LogP contribution in [0, 0.1) is 0 Å². The van der Waals surface area contributed by atoms with E-state index in [9.17, 15) is 9.59 Å². The lowest BCUT2D eigenvalue weighted by Gasteiger charge is -2.35. The highest BCUT2D eigenvalue weighted by Gasteiger charge is 2.33. The maximum atomic E-state index is 13.4. The SMILES string of the molecule is CCC1CCCCN1C(=O)c1nc(C(=O)NCc2ccccc2)c2n1CCCC2. The molecule has 1 N–H and O–H groups in total. The first-order valence-corrected chi connectivity index (χ1v) is 10.9. The first-order valence-electron chi connectivity index (χ1n) is 10.9. The van der Waals surface area contributed by atoms with Crippen LogP contribution in [0.5, 0.6) is 0 Å². The third-order valence-electron chi connectivity index (χ3n) is 6.18. The summed E-state index contributed by atoms with van der Waals surface area (Å²) in [7, 11) is 0. The second-order valence-electron chi connectivity index (χ2n) is 8.06. The molecule has 3 heterocycles. The fourth-order valence-corrected chi connectivity index (χ4v) is 4.57. The first-order chi connectivity index (χ1) is 14.2. The Balaban J connectivity index is 1.58. The van der Waals surface area contributed by atoms with Gasteiger partial charge in [0.1, 0.15) is 5.69 Å². The number of imidazole rings is 1. The molecule has 1 unspecified atom stereocenters. The molecule has 2 amide bonds. The Hall–Kier alpha value is -2.63. The number of carbonyl (C=O) groups excluding carboxylic acids is 2. The minimum absolute atomic E-state index is 0.0122. The second kappa shape index (κ2) is 8.80. The van der Waals surface area contributed by atoms with Crippen molar-refractivity contribution in [3.63, 3.8) is 0 Å². The number of nitrogens with one attached hydrogen (secondary N) is 1. The predicted molar refractivity (Wildman–Crippen MR) is 112 cm³/mol. The lowest BCUT2D eigenvalue weighted by Crippen LogP contribution is -2.44. The second-order valence-corrected chi connectivity index (χ2v) is 8.06. The van der Waals surface area contributed by atoms with Crippen LogP contribution in [0.3, 0.4) is 0 Å². The van der Waals surface area contributed by atoms with Gasteiger partial charge >= 0.3 is 0 Å². The van der Waals surface area contributed by atoms with E-state index in [4.69, 9.17) is 0 Å². The zero-order chi connectivity index (χ0) is 20.2. The molecule has 6 heteroatoms. The molecule has 1 atom stereocenters. The maximum Gasteiger partial charge on any atom is 0.290 e. The summed E-state index contributed by atoms with van der Waals surface area (Å²) in [4.78, 5) is 32.9. The molecule has 6 nitrogen and oxygen atoms in total. The average Bonchev–Trinajstić information content (AvgIpc) is 3.17. The lowest BCUT2D eigenvalue weighted by molar-refractivity contribution is 0.0589. The number of amides is 2. The Kier molecular flexibility index (Phi) is 5.97. The fourth-order valence-electron chi connectivity index (χ4n) is 4.57. The molecule has 1 aromatic heterocycles. The van der Waals surface area contributed by atoms with Crippen molar-refractivity contribution in [2.75, 3.05) is 6.54 Å². The zero-order valence-corrected chi connectivity index (χ0v) is 17.2. The number of nitrogens with zero attached hydrogens (tertiary/aromatic N) is 3. The van der Waals surface area contributed by atoms with Crippen LogP contribution in [0.15, 0.2) is 30.3 Å². The van der Waals surface area contributed by atoms with Crippen LogP contribution < -0.4 is 5.32 Å². The molecule has 1 aromatic carbocycles. The molecule has 0 aliphatic carbocycles. The number of hydrogen-bond donors (Lipinski definition) is 1. The van der Waals surface area contributed by atoms with Crippen LogP contribution in [0.4, 0.5) is 0 Å². The van der Waals surface area contributed by atoms with Crippen molar-refractivity contribution in [3.05, 3.63) is 53.1 Å². The van der Waals surface area contributed by atoms with Gasteiger partial charge in [-0.05, 0) is 50.5 Å². The number of carbonyl (C=O) groups is 2. The molecular weight excluding hydrogens is 364 g/mol. The average molecular weight is 395 g/mol. The van der Waals surface area contributed by atoms with E-state index in [0.717, 1.165) is 62.9 Å². The predicted octanol–water partition coefficient (Wildman–Crippen LogP) is 3.55. The standard InChI is InChI=1S/C23H30N4O2/c1-2-18-12-6-8-14-26(18)23(29)21-25-20(19-13-7-9-15-27(19)21)22(28)24-16-17-10-4-3-5-11-17/h3-5,10-11,18H,2,6-9,12-16H2,1H3,(H,24,28). The van der Waals surface area contributed by atoms with Crippen molar-refractivity contribution in [1.82, 2.24) is 19.8 Å². The van der Waals surface area contributed by atoms with Crippen LogP contribution in [0.2, 0.25) is 0 Å². The number of hydrogen-bond acceptors (Lipinski definition) is 3. The molecule has 2 aliphatic heterocycles. The molecular formula is C23H30N4O2. The van der Waals surface area contributed by atoms with Crippen molar-refractivity contribution in [2.45, 2.75) is 71.0 Å². The van der Waals surface area contributed by atoms with Crippen molar-refractivity contribution in [1.29, 1.82) is 0 Å². The highest BCUT2D eigenvalue weighted by molar-refractivity contribution is 5.97. The Morgan fingerprint density at radius 1 is 1.10 bits per heavy atom. The van der Waals surface area contributed by atoms with Crippen molar-refractivity contribution in [3.8, 4) is 0 Å². The van der Waals surface area contributed by atoms with E-state index in [1.54, 1.807) is 0 Å². The Morgan fingerprint density at radius 2 is 1.90 bits per heavy atom. The van der Waals surface area contributed by atoms with Gasteiger partial charge in [0, 0.05) is 25.7 Å². The quantitative estimate of drug-likeness (QED) is 0.843. The van der Waals surface area contributed by atoms with Gasteiger partial charge in [-0.25, -0.2) is 4.98 Å². The van der Waals surface area contributed by atoms with Crippen LogP contribution in [-0.4, -0.2) is 38.9 Å².